The Labute approximate surface area is 117 Å². The molecule has 1 aromatic carbocycles. The first kappa shape index (κ1) is 15.4. The number of aliphatic hydroxyl groups excluding tert-OH is 1. The van der Waals surface area contributed by atoms with Crippen molar-refractivity contribution in [1.29, 1.82) is 0 Å². The summed E-state index contributed by atoms with van der Waals surface area (Å²) in [5.41, 5.74) is 0.335. The van der Waals surface area contributed by atoms with E-state index in [4.69, 9.17) is 9.84 Å². The Bertz CT molecular complexity index is 570. The van der Waals surface area contributed by atoms with Crippen LogP contribution in [0.4, 0.5) is 4.39 Å². The summed E-state index contributed by atoms with van der Waals surface area (Å²) in [5, 5.41) is 8.88. The number of benzene rings is 1. The first-order chi connectivity index (χ1) is 9.46. The van der Waals surface area contributed by atoms with Crippen molar-refractivity contribution in [2.75, 3.05) is 6.61 Å². The summed E-state index contributed by atoms with van der Waals surface area (Å²) in [6, 6.07) is 3.37. The molecule has 0 saturated heterocycles. The average Bonchev–Trinajstić information content (AvgIpc) is 2.35. The Morgan fingerprint density at radius 2 is 2.15 bits per heavy atom. The smallest absolute Gasteiger partial charge is 0.243 e. The van der Waals surface area contributed by atoms with Crippen LogP contribution in [0, 0.1) is 5.82 Å². The Balaban J connectivity index is 2.04. The zero-order valence-corrected chi connectivity index (χ0v) is 12.0. The third kappa shape index (κ3) is 3.35. The molecule has 7 heteroatoms. The molecular weight excluding hydrogens is 285 g/mol. The Kier molecular flexibility index (Phi) is 4.74. The first-order valence-electron chi connectivity index (χ1n) is 6.49. The van der Waals surface area contributed by atoms with E-state index in [0.29, 0.717) is 25.0 Å². The number of sulfonamides is 1. The van der Waals surface area contributed by atoms with Gasteiger partial charge in [-0.25, -0.2) is 17.5 Å². The van der Waals surface area contributed by atoms with Gasteiger partial charge < -0.3 is 9.84 Å². The van der Waals surface area contributed by atoms with Crippen LogP contribution in [0.5, 0.6) is 0 Å². The molecule has 0 amide bonds. The van der Waals surface area contributed by atoms with Crippen LogP contribution in [0.2, 0.25) is 0 Å². The lowest BCUT2D eigenvalue weighted by molar-refractivity contribution is -0.00476. The molecule has 1 aliphatic rings. The maximum Gasteiger partial charge on any atom is 0.243 e. The second kappa shape index (κ2) is 6.17. The number of hydrogen-bond acceptors (Lipinski definition) is 4. The molecule has 1 saturated carbocycles. The maximum atomic E-state index is 13.7. The van der Waals surface area contributed by atoms with Gasteiger partial charge in [0.2, 0.25) is 10.0 Å². The summed E-state index contributed by atoms with van der Waals surface area (Å²) in [7, 11) is -3.88. The minimum absolute atomic E-state index is 0.0781. The highest BCUT2D eigenvalue weighted by atomic mass is 32.2. The Morgan fingerprint density at radius 3 is 2.70 bits per heavy atom. The van der Waals surface area contributed by atoms with E-state index < -0.39 is 20.7 Å². The van der Waals surface area contributed by atoms with Gasteiger partial charge in [-0.1, -0.05) is 6.07 Å². The average molecular weight is 303 g/mol. The summed E-state index contributed by atoms with van der Waals surface area (Å²) in [5.74, 6) is -0.857. The van der Waals surface area contributed by atoms with Crippen LogP contribution < -0.4 is 4.72 Å². The summed E-state index contributed by atoms with van der Waals surface area (Å²) in [6.45, 7) is 2.15. The highest BCUT2D eigenvalue weighted by molar-refractivity contribution is 7.89. The fourth-order valence-electron chi connectivity index (χ4n) is 2.18. The third-order valence-corrected chi connectivity index (χ3v) is 4.84. The Hall–Kier alpha value is -1.02. The molecule has 0 spiro atoms. The summed E-state index contributed by atoms with van der Waals surface area (Å²) in [6.07, 6.45) is 1.28. The van der Waals surface area contributed by atoms with E-state index >= 15 is 0 Å². The molecule has 0 radical (unpaired) electrons. The van der Waals surface area contributed by atoms with Crippen molar-refractivity contribution < 1.29 is 22.7 Å². The van der Waals surface area contributed by atoms with Crippen molar-refractivity contribution in [2.45, 2.75) is 43.4 Å². The minimum atomic E-state index is -3.88. The van der Waals surface area contributed by atoms with Crippen molar-refractivity contribution in [3.8, 4) is 0 Å². The molecule has 1 aliphatic carbocycles. The molecular formula is C13H18FNO4S. The molecule has 20 heavy (non-hydrogen) atoms. The molecule has 0 heterocycles. The van der Waals surface area contributed by atoms with Crippen LogP contribution in [0.3, 0.4) is 0 Å². The lowest BCUT2D eigenvalue weighted by Gasteiger charge is -2.35. The number of halogens is 1. The van der Waals surface area contributed by atoms with Gasteiger partial charge in [0.1, 0.15) is 10.7 Å². The standard InChI is InChI=1S/C13H18FNO4S/c1-2-19-11-6-10(7-11)15-20(17,18)13-4-3-9(8-16)5-12(13)14/h3-5,10-11,15-16H,2,6-8H2,1H3. The lowest BCUT2D eigenvalue weighted by atomic mass is 9.90. The van der Waals surface area contributed by atoms with Crippen molar-refractivity contribution in [1.82, 2.24) is 4.72 Å². The van der Waals surface area contributed by atoms with E-state index in [1.54, 1.807) is 0 Å². The van der Waals surface area contributed by atoms with Gasteiger partial charge in [0.05, 0.1) is 12.7 Å². The van der Waals surface area contributed by atoms with Crippen LogP contribution in [-0.2, 0) is 21.4 Å². The molecule has 112 valence electrons. The summed E-state index contributed by atoms with van der Waals surface area (Å²) < 4.78 is 45.7. The largest absolute Gasteiger partial charge is 0.392 e. The van der Waals surface area contributed by atoms with Gasteiger partial charge in [-0.2, -0.15) is 0 Å². The van der Waals surface area contributed by atoms with Crippen LogP contribution >= 0.6 is 0 Å². The Morgan fingerprint density at radius 1 is 1.45 bits per heavy atom. The van der Waals surface area contributed by atoms with E-state index in [2.05, 4.69) is 4.72 Å². The third-order valence-electron chi connectivity index (χ3n) is 3.29. The maximum absolute atomic E-state index is 13.7. The van der Waals surface area contributed by atoms with Crippen molar-refractivity contribution in [3.63, 3.8) is 0 Å². The molecule has 0 atom stereocenters. The normalized spacial score (nSPS) is 22.6. The van der Waals surface area contributed by atoms with Crippen LogP contribution in [-0.4, -0.2) is 32.3 Å². The van der Waals surface area contributed by atoms with Crippen LogP contribution in [0.25, 0.3) is 0 Å². The zero-order valence-electron chi connectivity index (χ0n) is 11.2. The fourth-order valence-corrected chi connectivity index (χ4v) is 3.50. The topological polar surface area (TPSA) is 75.6 Å². The minimum Gasteiger partial charge on any atom is -0.392 e. The van der Waals surface area contributed by atoms with Gasteiger partial charge in [0.25, 0.3) is 0 Å². The number of aliphatic hydroxyl groups is 1. The first-order valence-corrected chi connectivity index (χ1v) is 7.97. The number of ether oxygens (including phenoxy) is 1. The van der Waals surface area contributed by atoms with E-state index in [0.717, 1.165) is 6.07 Å². The van der Waals surface area contributed by atoms with Gasteiger partial charge in [-0.3, -0.25) is 0 Å². The molecule has 1 aromatic rings. The van der Waals surface area contributed by atoms with Crippen LogP contribution in [0.1, 0.15) is 25.3 Å². The van der Waals surface area contributed by atoms with E-state index in [1.807, 2.05) is 6.92 Å². The quantitative estimate of drug-likeness (QED) is 0.827. The predicted molar refractivity (Wildman–Crippen MR) is 71.1 cm³/mol. The van der Waals surface area contributed by atoms with E-state index in [9.17, 15) is 12.8 Å². The number of nitrogens with one attached hydrogen (secondary N) is 1. The summed E-state index contributed by atoms with van der Waals surface area (Å²) >= 11 is 0. The highest BCUT2D eigenvalue weighted by Gasteiger charge is 2.33. The van der Waals surface area contributed by atoms with E-state index in [-0.39, 0.29) is 18.8 Å². The van der Waals surface area contributed by atoms with Crippen molar-refractivity contribution in [2.24, 2.45) is 0 Å². The van der Waals surface area contributed by atoms with Crippen molar-refractivity contribution >= 4 is 10.0 Å². The number of hydrogen-bond donors (Lipinski definition) is 2. The zero-order chi connectivity index (χ0) is 14.8. The van der Waals surface area contributed by atoms with E-state index in [1.165, 1.54) is 12.1 Å². The molecule has 5 nitrogen and oxygen atoms in total. The second-order valence-corrected chi connectivity index (χ2v) is 6.47. The predicted octanol–water partition coefficient (Wildman–Crippen LogP) is 1.16. The molecule has 2 N–H and O–H groups in total. The second-order valence-electron chi connectivity index (χ2n) is 4.79. The number of rotatable bonds is 6. The van der Waals surface area contributed by atoms with Gasteiger partial charge in [-0.05, 0) is 37.5 Å². The molecule has 2 rings (SSSR count). The lowest BCUT2D eigenvalue weighted by Crippen LogP contribution is -2.47. The molecule has 1 fully saturated rings. The van der Waals surface area contributed by atoms with Gasteiger partial charge in [0.15, 0.2) is 0 Å². The molecule has 0 bridgehead atoms. The van der Waals surface area contributed by atoms with Gasteiger partial charge >= 0.3 is 0 Å². The highest BCUT2D eigenvalue weighted by Crippen LogP contribution is 2.26. The fraction of sp³-hybridized carbons (Fsp3) is 0.538. The van der Waals surface area contributed by atoms with Gasteiger partial charge in [0, 0.05) is 12.6 Å². The summed E-state index contributed by atoms with van der Waals surface area (Å²) in [4.78, 5) is -0.394. The van der Waals surface area contributed by atoms with Crippen LogP contribution in [0.15, 0.2) is 23.1 Å². The molecule has 0 unspecified atom stereocenters. The van der Waals surface area contributed by atoms with Gasteiger partial charge in [-0.15, -0.1) is 0 Å². The monoisotopic (exact) mass is 303 g/mol. The molecule has 0 aliphatic heterocycles. The SMILES string of the molecule is CCOC1CC(NS(=O)(=O)c2ccc(CO)cc2F)C1. The molecule has 0 aromatic heterocycles. The van der Waals surface area contributed by atoms with Crippen molar-refractivity contribution in [3.05, 3.63) is 29.6 Å².